The zero-order valence-electron chi connectivity index (χ0n) is 9.50. The summed E-state index contributed by atoms with van der Waals surface area (Å²) in [5.41, 5.74) is 0.962. The van der Waals surface area contributed by atoms with Crippen molar-refractivity contribution >= 4 is 6.29 Å². The van der Waals surface area contributed by atoms with Crippen molar-refractivity contribution in [3.8, 4) is 0 Å². The van der Waals surface area contributed by atoms with Gasteiger partial charge in [0, 0.05) is 0 Å². The van der Waals surface area contributed by atoms with Gasteiger partial charge in [-0.25, -0.2) is 0 Å². The topological polar surface area (TPSA) is 17.1 Å². The molecule has 0 heterocycles. The van der Waals surface area contributed by atoms with Crippen LogP contribution in [0, 0.1) is 17.8 Å². The number of allylic oxidation sites excluding steroid dienone is 2. The lowest BCUT2D eigenvalue weighted by Gasteiger charge is -2.14. The van der Waals surface area contributed by atoms with Crippen molar-refractivity contribution in [3.05, 3.63) is 11.6 Å². The van der Waals surface area contributed by atoms with E-state index in [0.717, 1.165) is 18.3 Å². The molecule has 0 aromatic rings. The van der Waals surface area contributed by atoms with E-state index in [1.54, 1.807) is 0 Å². The van der Waals surface area contributed by atoms with Gasteiger partial charge in [-0.3, -0.25) is 4.79 Å². The van der Waals surface area contributed by atoms with E-state index in [1.807, 2.05) is 0 Å². The second-order valence-corrected chi connectivity index (χ2v) is 4.20. The minimum Gasteiger partial charge on any atom is -0.298 e. The molecule has 0 aliphatic rings. The Balaban J connectivity index is 4.46. The number of hydrogen-bond donors (Lipinski definition) is 0. The molecule has 0 aliphatic carbocycles. The van der Waals surface area contributed by atoms with Crippen LogP contribution in [0.2, 0.25) is 0 Å². The summed E-state index contributed by atoms with van der Waals surface area (Å²) in [5.74, 6) is 1.51. The largest absolute Gasteiger partial charge is 0.298 e. The molecular formula is C12H22O. The molecule has 0 radical (unpaired) electrons. The minimum absolute atomic E-state index is 0.402. The Morgan fingerprint density at radius 1 is 1.23 bits per heavy atom. The van der Waals surface area contributed by atoms with Gasteiger partial charge in [0.05, 0.1) is 0 Å². The van der Waals surface area contributed by atoms with Crippen molar-refractivity contribution < 1.29 is 4.79 Å². The van der Waals surface area contributed by atoms with Crippen LogP contribution in [-0.2, 0) is 4.79 Å². The molecule has 0 saturated carbocycles. The highest BCUT2D eigenvalue weighted by Gasteiger charge is 2.09. The van der Waals surface area contributed by atoms with Gasteiger partial charge in [-0.1, -0.05) is 40.7 Å². The summed E-state index contributed by atoms with van der Waals surface area (Å²) in [6.07, 6.45) is 4.16. The first-order valence-electron chi connectivity index (χ1n) is 5.19. The standard InChI is InChI=1S/C12H22O/c1-6-10(4)12(8-13)7-11(5)9(2)3/h7-11H,6H2,1-5H3. The average Bonchev–Trinajstić information content (AvgIpc) is 2.12. The Morgan fingerprint density at radius 3 is 2.08 bits per heavy atom. The van der Waals surface area contributed by atoms with Gasteiger partial charge in [0.25, 0.3) is 0 Å². The summed E-state index contributed by atoms with van der Waals surface area (Å²) in [6, 6.07) is 0. The maximum Gasteiger partial charge on any atom is 0.145 e. The van der Waals surface area contributed by atoms with E-state index in [4.69, 9.17) is 0 Å². The zero-order chi connectivity index (χ0) is 10.4. The third kappa shape index (κ3) is 4.25. The molecular weight excluding hydrogens is 160 g/mol. The smallest absolute Gasteiger partial charge is 0.145 e. The van der Waals surface area contributed by atoms with Crippen molar-refractivity contribution in [3.63, 3.8) is 0 Å². The first-order chi connectivity index (χ1) is 6.02. The molecule has 0 aromatic heterocycles. The lowest BCUT2D eigenvalue weighted by Crippen LogP contribution is -2.06. The van der Waals surface area contributed by atoms with Crippen molar-refractivity contribution in [1.82, 2.24) is 0 Å². The van der Waals surface area contributed by atoms with Crippen LogP contribution >= 0.6 is 0 Å². The first kappa shape index (κ1) is 12.4. The molecule has 0 N–H and O–H groups in total. The number of rotatable bonds is 5. The molecule has 2 unspecified atom stereocenters. The Labute approximate surface area is 82.2 Å². The molecule has 0 amide bonds. The summed E-state index contributed by atoms with van der Waals surface area (Å²) in [7, 11) is 0. The molecule has 0 spiro atoms. The van der Waals surface area contributed by atoms with Gasteiger partial charge >= 0.3 is 0 Å². The van der Waals surface area contributed by atoms with E-state index in [0.29, 0.717) is 17.8 Å². The molecule has 2 atom stereocenters. The fourth-order valence-electron chi connectivity index (χ4n) is 1.05. The summed E-state index contributed by atoms with van der Waals surface area (Å²) in [5, 5.41) is 0. The fourth-order valence-corrected chi connectivity index (χ4v) is 1.05. The molecule has 1 heteroatoms. The summed E-state index contributed by atoms with van der Waals surface area (Å²) >= 11 is 0. The third-order valence-electron chi connectivity index (χ3n) is 2.82. The lowest BCUT2D eigenvalue weighted by molar-refractivity contribution is -0.105. The third-order valence-corrected chi connectivity index (χ3v) is 2.82. The average molecular weight is 182 g/mol. The van der Waals surface area contributed by atoms with Crippen molar-refractivity contribution in [2.75, 3.05) is 0 Å². The molecule has 0 aromatic carbocycles. The van der Waals surface area contributed by atoms with Gasteiger partial charge in [-0.15, -0.1) is 0 Å². The number of carbonyl (C=O) groups is 1. The second-order valence-electron chi connectivity index (χ2n) is 4.20. The Kier molecular flexibility index (Phi) is 5.68. The highest BCUT2D eigenvalue weighted by Crippen LogP contribution is 2.18. The van der Waals surface area contributed by atoms with E-state index >= 15 is 0 Å². The van der Waals surface area contributed by atoms with Crippen LogP contribution in [0.5, 0.6) is 0 Å². The molecule has 0 fully saturated rings. The van der Waals surface area contributed by atoms with Crippen molar-refractivity contribution in [2.45, 2.75) is 41.0 Å². The second kappa shape index (κ2) is 5.95. The maximum absolute atomic E-state index is 10.8. The zero-order valence-corrected chi connectivity index (χ0v) is 9.50. The quantitative estimate of drug-likeness (QED) is 0.470. The molecule has 13 heavy (non-hydrogen) atoms. The van der Waals surface area contributed by atoms with E-state index in [1.165, 1.54) is 0 Å². The summed E-state index contributed by atoms with van der Waals surface area (Å²) in [4.78, 5) is 10.8. The van der Waals surface area contributed by atoms with Crippen LogP contribution in [-0.4, -0.2) is 6.29 Å². The van der Waals surface area contributed by atoms with Gasteiger partial charge in [0.1, 0.15) is 6.29 Å². The SMILES string of the molecule is CCC(C)C(C=O)=CC(C)C(C)C. The van der Waals surface area contributed by atoms with Gasteiger partial charge in [0.2, 0.25) is 0 Å². The molecule has 0 rings (SSSR count). The lowest BCUT2D eigenvalue weighted by atomic mass is 9.91. The molecule has 76 valence electrons. The molecule has 1 nitrogen and oxygen atoms in total. The maximum atomic E-state index is 10.8. The molecule has 0 saturated heterocycles. The Bertz CT molecular complexity index is 180. The summed E-state index contributed by atoms with van der Waals surface area (Å²) in [6.45, 7) is 10.7. The monoisotopic (exact) mass is 182 g/mol. The predicted molar refractivity (Wildman–Crippen MR) is 57.6 cm³/mol. The molecule has 0 aliphatic heterocycles. The normalized spacial score (nSPS) is 17.2. The predicted octanol–water partition coefficient (Wildman–Crippen LogP) is 3.45. The van der Waals surface area contributed by atoms with Gasteiger partial charge in [-0.2, -0.15) is 0 Å². The van der Waals surface area contributed by atoms with Gasteiger partial charge in [-0.05, 0) is 29.7 Å². The number of hydrogen-bond acceptors (Lipinski definition) is 1. The molecule has 0 bridgehead atoms. The van der Waals surface area contributed by atoms with E-state index in [9.17, 15) is 4.79 Å². The number of aldehydes is 1. The Hall–Kier alpha value is -0.590. The highest BCUT2D eigenvalue weighted by molar-refractivity contribution is 5.73. The van der Waals surface area contributed by atoms with Crippen molar-refractivity contribution in [1.29, 1.82) is 0 Å². The van der Waals surface area contributed by atoms with Gasteiger partial charge < -0.3 is 0 Å². The van der Waals surface area contributed by atoms with Crippen LogP contribution in [0.1, 0.15) is 41.0 Å². The van der Waals surface area contributed by atoms with Crippen LogP contribution in [0.4, 0.5) is 0 Å². The van der Waals surface area contributed by atoms with Crippen LogP contribution < -0.4 is 0 Å². The first-order valence-corrected chi connectivity index (χ1v) is 5.19. The van der Waals surface area contributed by atoms with E-state index in [2.05, 4.69) is 40.7 Å². The van der Waals surface area contributed by atoms with Crippen LogP contribution in [0.3, 0.4) is 0 Å². The van der Waals surface area contributed by atoms with Crippen LogP contribution in [0.15, 0.2) is 11.6 Å². The minimum atomic E-state index is 0.402. The van der Waals surface area contributed by atoms with Gasteiger partial charge in [0.15, 0.2) is 0 Å². The van der Waals surface area contributed by atoms with Crippen molar-refractivity contribution in [2.24, 2.45) is 17.8 Å². The fraction of sp³-hybridized carbons (Fsp3) is 0.750. The highest BCUT2D eigenvalue weighted by atomic mass is 16.1. The number of carbonyl (C=O) groups excluding carboxylic acids is 1. The van der Waals surface area contributed by atoms with E-state index in [-0.39, 0.29) is 0 Å². The van der Waals surface area contributed by atoms with Crippen LogP contribution in [0.25, 0.3) is 0 Å². The van der Waals surface area contributed by atoms with E-state index < -0.39 is 0 Å². The Morgan fingerprint density at radius 2 is 1.77 bits per heavy atom. The summed E-state index contributed by atoms with van der Waals surface area (Å²) < 4.78 is 0.